The summed E-state index contributed by atoms with van der Waals surface area (Å²) < 4.78 is 40.7. The first-order chi connectivity index (χ1) is 14.4. The Morgan fingerprint density at radius 3 is 2.20 bits per heavy atom. The third-order valence-corrected chi connectivity index (χ3v) is 6.66. The van der Waals surface area contributed by atoms with E-state index < -0.39 is 11.7 Å². The van der Waals surface area contributed by atoms with E-state index in [1.165, 1.54) is 17.7 Å². The smallest absolute Gasteiger partial charge is 0.317 e. The van der Waals surface area contributed by atoms with Crippen LogP contribution in [-0.2, 0) is 6.18 Å². The molecule has 0 radical (unpaired) electrons. The molecule has 3 atom stereocenters. The van der Waals surface area contributed by atoms with Gasteiger partial charge in [-0.3, -0.25) is 0 Å². The van der Waals surface area contributed by atoms with Crippen LogP contribution in [0.2, 0.25) is 0 Å². The molecule has 0 spiro atoms. The summed E-state index contributed by atoms with van der Waals surface area (Å²) in [5, 5.41) is 0. The topological polar surface area (TPSA) is 6.48 Å². The van der Waals surface area contributed by atoms with Crippen LogP contribution in [0.4, 0.5) is 35.9 Å². The zero-order valence-electron chi connectivity index (χ0n) is 16.3. The molecule has 3 aromatic carbocycles. The number of hydrogen-bond donors (Lipinski definition) is 0. The molecule has 0 saturated heterocycles. The SMILES string of the molecule is C=C1C2c3ccccc3N3c4ccc(C(F)(F)F)cc4N(c4ccccc4C)C3C12. The average Bonchev–Trinajstić information content (AvgIpc) is 3.28. The number of para-hydroxylation sites is 2. The fourth-order valence-electron chi connectivity index (χ4n) is 5.26. The summed E-state index contributed by atoms with van der Waals surface area (Å²) in [6, 6.07) is 20.2. The number of alkyl halides is 3. The van der Waals surface area contributed by atoms with Gasteiger partial charge in [-0.2, -0.15) is 13.2 Å². The van der Waals surface area contributed by atoms with Gasteiger partial charge in [0.1, 0.15) is 6.17 Å². The highest BCUT2D eigenvalue weighted by Gasteiger charge is 2.60. The van der Waals surface area contributed by atoms with Gasteiger partial charge in [-0.05, 0) is 48.4 Å². The lowest BCUT2D eigenvalue weighted by Crippen LogP contribution is -2.43. The van der Waals surface area contributed by atoms with Crippen molar-refractivity contribution in [1.82, 2.24) is 0 Å². The van der Waals surface area contributed by atoms with Crippen molar-refractivity contribution in [1.29, 1.82) is 0 Å². The Bertz CT molecular complexity index is 1210. The summed E-state index contributed by atoms with van der Waals surface area (Å²) in [4.78, 5) is 4.29. The number of fused-ring (bicyclic) bond motifs is 8. The van der Waals surface area contributed by atoms with Gasteiger partial charge in [0.25, 0.3) is 0 Å². The van der Waals surface area contributed by atoms with Gasteiger partial charge in [0.15, 0.2) is 0 Å². The van der Waals surface area contributed by atoms with Crippen LogP contribution in [0.15, 0.2) is 78.9 Å². The second-order valence-electron chi connectivity index (χ2n) is 8.28. The van der Waals surface area contributed by atoms with Gasteiger partial charge in [-0.1, -0.05) is 48.6 Å². The summed E-state index contributed by atoms with van der Waals surface area (Å²) >= 11 is 0. The minimum Gasteiger partial charge on any atom is -0.317 e. The van der Waals surface area contributed by atoms with Crippen molar-refractivity contribution in [2.24, 2.45) is 5.92 Å². The maximum atomic E-state index is 13.6. The highest BCUT2D eigenvalue weighted by molar-refractivity contribution is 5.92. The van der Waals surface area contributed by atoms with Crippen molar-refractivity contribution in [2.75, 3.05) is 9.80 Å². The summed E-state index contributed by atoms with van der Waals surface area (Å²) in [7, 11) is 0. The quantitative estimate of drug-likeness (QED) is 0.407. The summed E-state index contributed by atoms with van der Waals surface area (Å²) in [6.07, 6.45) is -4.50. The van der Waals surface area contributed by atoms with Gasteiger partial charge in [-0.25, -0.2) is 0 Å². The van der Waals surface area contributed by atoms with E-state index in [4.69, 9.17) is 0 Å². The van der Waals surface area contributed by atoms with Crippen molar-refractivity contribution in [3.63, 3.8) is 0 Å². The summed E-state index contributed by atoms with van der Waals surface area (Å²) in [5.41, 5.74) is 6.16. The molecular weight excluding hydrogens is 385 g/mol. The summed E-state index contributed by atoms with van der Waals surface area (Å²) in [5.74, 6) is 0.437. The molecule has 0 aromatic heterocycles. The molecule has 30 heavy (non-hydrogen) atoms. The molecule has 3 aromatic rings. The molecule has 3 unspecified atom stereocenters. The van der Waals surface area contributed by atoms with Gasteiger partial charge < -0.3 is 9.80 Å². The Labute approximate surface area is 172 Å². The molecule has 0 amide bonds. The lowest BCUT2D eigenvalue weighted by molar-refractivity contribution is -0.137. The molecular formula is C25H19F3N2. The van der Waals surface area contributed by atoms with Gasteiger partial charge in [-0.15, -0.1) is 0 Å². The monoisotopic (exact) mass is 404 g/mol. The lowest BCUT2D eigenvalue weighted by Gasteiger charge is -2.37. The van der Waals surface area contributed by atoms with Crippen molar-refractivity contribution in [2.45, 2.75) is 25.2 Å². The zero-order chi connectivity index (χ0) is 20.8. The van der Waals surface area contributed by atoms with E-state index >= 15 is 0 Å². The van der Waals surface area contributed by atoms with E-state index in [0.29, 0.717) is 5.69 Å². The van der Waals surface area contributed by atoms with E-state index in [1.54, 1.807) is 6.07 Å². The summed E-state index contributed by atoms with van der Waals surface area (Å²) in [6.45, 7) is 6.31. The van der Waals surface area contributed by atoms with Crippen LogP contribution >= 0.6 is 0 Å². The Kier molecular flexibility index (Phi) is 3.34. The standard InChI is InChI=1S/C25H19F3N2/c1-14-7-3-5-9-18(14)29-21-13-16(25(26,27)28)11-12-20(21)30-19-10-6-4-8-17(19)22-15(2)23(22)24(29)30/h3-13,22-24H,2H2,1H3. The maximum absolute atomic E-state index is 13.6. The minimum absolute atomic E-state index is 0.114. The largest absolute Gasteiger partial charge is 0.416 e. The maximum Gasteiger partial charge on any atom is 0.416 e. The first-order valence-electron chi connectivity index (χ1n) is 10.0. The number of halogens is 3. The van der Waals surface area contributed by atoms with Crippen LogP contribution in [0.25, 0.3) is 0 Å². The fraction of sp³-hybridized carbons (Fsp3) is 0.200. The van der Waals surface area contributed by atoms with E-state index in [2.05, 4.69) is 28.5 Å². The lowest BCUT2D eigenvalue weighted by atomic mass is 9.99. The Hall–Kier alpha value is -3.21. The predicted octanol–water partition coefficient (Wildman–Crippen LogP) is 6.91. The number of rotatable bonds is 1. The van der Waals surface area contributed by atoms with Gasteiger partial charge in [0.05, 0.1) is 16.9 Å². The molecule has 1 saturated carbocycles. The van der Waals surface area contributed by atoms with Crippen molar-refractivity contribution in [3.8, 4) is 0 Å². The van der Waals surface area contributed by atoms with E-state index in [-0.39, 0.29) is 18.0 Å². The zero-order valence-corrected chi connectivity index (χ0v) is 16.3. The number of anilines is 4. The predicted molar refractivity (Wildman–Crippen MR) is 113 cm³/mol. The van der Waals surface area contributed by atoms with Crippen LogP contribution in [0.3, 0.4) is 0 Å². The molecule has 150 valence electrons. The molecule has 5 heteroatoms. The van der Waals surface area contributed by atoms with Crippen LogP contribution in [0, 0.1) is 12.8 Å². The first-order valence-corrected chi connectivity index (χ1v) is 10.0. The number of aryl methyl sites for hydroxylation is 1. The molecule has 1 aliphatic carbocycles. The van der Waals surface area contributed by atoms with Crippen LogP contribution in [-0.4, -0.2) is 6.17 Å². The molecule has 2 nitrogen and oxygen atoms in total. The Morgan fingerprint density at radius 1 is 0.800 bits per heavy atom. The first kappa shape index (κ1) is 17.6. The van der Waals surface area contributed by atoms with E-state index in [9.17, 15) is 13.2 Å². The molecule has 0 N–H and O–H groups in total. The van der Waals surface area contributed by atoms with Crippen molar-refractivity contribution >= 4 is 22.7 Å². The van der Waals surface area contributed by atoms with Crippen molar-refractivity contribution < 1.29 is 13.2 Å². The van der Waals surface area contributed by atoms with Crippen LogP contribution in [0.5, 0.6) is 0 Å². The van der Waals surface area contributed by atoms with E-state index in [1.807, 2.05) is 43.3 Å². The van der Waals surface area contributed by atoms with Crippen molar-refractivity contribution in [3.05, 3.63) is 95.6 Å². The molecule has 6 rings (SSSR count). The average molecular weight is 404 g/mol. The molecule has 3 aliphatic rings. The second-order valence-corrected chi connectivity index (χ2v) is 8.28. The highest BCUT2D eigenvalue weighted by Crippen LogP contribution is 2.67. The van der Waals surface area contributed by atoms with Crippen LogP contribution < -0.4 is 9.80 Å². The Morgan fingerprint density at radius 2 is 1.47 bits per heavy atom. The highest BCUT2D eigenvalue weighted by atomic mass is 19.4. The van der Waals surface area contributed by atoms with Gasteiger partial charge in [0.2, 0.25) is 0 Å². The second kappa shape index (κ2) is 5.69. The molecule has 0 bridgehead atoms. The normalized spacial score (nSPS) is 23.6. The third kappa shape index (κ3) is 2.20. The third-order valence-electron chi connectivity index (χ3n) is 6.66. The molecule has 2 aliphatic heterocycles. The van der Waals surface area contributed by atoms with Crippen LogP contribution in [0.1, 0.15) is 22.6 Å². The number of hydrogen-bond acceptors (Lipinski definition) is 2. The van der Waals surface area contributed by atoms with E-state index in [0.717, 1.165) is 28.2 Å². The number of benzene rings is 3. The Balaban J connectivity index is 1.64. The minimum atomic E-state index is -4.39. The fourth-order valence-corrected chi connectivity index (χ4v) is 5.26. The van der Waals surface area contributed by atoms with Gasteiger partial charge >= 0.3 is 6.18 Å². The molecule has 2 heterocycles. The molecule has 1 fully saturated rings. The van der Waals surface area contributed by atoms with Gasteiger partial charge in [0, 0.05) is 23.2 Å². The number of nitrogens with zero attached hydrogens (tertiary/aromatic N) is 2.